The molecule has 0 saturated carbocycles. The first kappa shape index (κ1) is 11.2. The standard InChI is InChI=1S/C10H17NO3/c1-8(10(12)13-2)3-5-11-9-4-6-14-7-9/h3,9,11H,4-7H2,1-2H3. The summed E-state index contributed by atoms with van der Waals surface area (Å²) in [5.41, 5.74) is 0.638. The molecule has 14 heavy (non-hydrogen) atoms. The van der Waals surface area contributed by atoms with Gasteiger partial charge >= 0.3 is 5.97 Å². The van der Waals surface area contributed by atoms with Gasteiger partial charge in [-0.2, -0.15) is 0 Å². The zero-order valence-corrected chi connectivity index (χ0v) is 8.71. The molecular formula is C10H17NO3. The topological polar surface area (TPSA) is 47.6 Å². The number of hydrogen-bond acceptors (Lipinski definition) is 4. The summed E-state index contributed by atoms with van der Waals surface area (Å²) in [7, 11) is 1.39. The first-order valence-electron chi connectivity index (χ1n) is 4.80. The normalized spacial score (nSPS) is 22.4. The van der Waals surface area contributed by atoms with Crippen LogP contribution in [0.15, 0.2) is 11.6 Å². The van der Waals surface area contributed by atoms with Crippen LogP contribution >= 0.6 is 0 Å². The molecule has 0 aromatic heterocycles. The SMILES string of the molecule is COC(=O)C(C)=CCNC1CCOC1. The van der Waals surface area contributed by atoms with E-state index in [0.717, 1.165) is 19.6 Å². The maximum atomic E-state index is 11.0. The largest absolute Gasteiger partial charge is 0.466 e. The smallest absolute Gasteiger partial charge is 0.333 e. The number of carbonyl (C=O) groups is 1. The number of hydrogen-bond donors (Lipinski definition) is 1. The second kappa shape index (κ2) is 5.78. The van der Waals surface area contributed by atoms with Crippen LogP contribution in [0.4, 0.5) is 0 Å². The molecule has 0 spiro atoms. The highest BCUT2D eigenvalue weighted by Gasteiger charge is 2.13. The maximum Gasteiger partial charge on any atom is 0.333 e. The molecule has 1 N–H and O–H groups in total. The molecule has 1 aliphatic heterocycles. The fraction of sp³-hybridized carbons (Fsp3) is 0.700. The van der Waals surface area contributed by atoms with E-state index in [1.54, 1.807) is 6.92 Å². The molecule has 0 bridgehead atoms. The van der Waals surface area contributed by atoms with Crippen LogP contribution in [0, 0.1) is 0 Å². The highest BCUT2D eigenvalue weighted by atomic mass is 16.5. The molecule has 0 aromatic rings. The number of ether oxygens (including phenoxy) is 2. The second-order valence-corrected chi connectivity index (χ2v) is 3.35. The van der Waals surface area contributed by atoms with Crippen molar-refractivity contribution in [2.75, 3.05) is 26.9 Å². The molecule has 1 fully saturated rings. The molecule has 1 aliphatic rings. The molecular weight excluding hydrogens is 182 g/mol. The van der Waals surface area contributed by atoms with E-state index in [0.29, 0.717) is 18.2 Å². The average molecular weight is 199 g/mol. The lowest BCUT2D eigenvalue weighted by molar-refractivity contribution is -0.136. The minimum atomic E-state index is -0.269. The van der Waals surface area contributed by atoms with Crippen molar-refractivity contribution in [2.45, 2.75) is 19.4 Å². The first-order chi connectivity index (χ1) is 6.74. The Morgan fingerprint density at radius 3 is 3.07 bits per heavy atom. The Labute approximate surface area is 84.3 Å². The van der Waals surface area contributed by atoms with Gasteiger partial charge in [0.2, 0.25) is 0 Å². The number of esters is 1. The molecule has 1 saturated heterocycles. The van der Waals surface area contributed by atoms with Gasteiger partial charge in [0.25, 0.3) is 0 Å². The molecule has 1 atom stereocenters. The van der Waals surface area contributed by atoms with Crippen LogP contribution in [0.5, 0.6) is 0 Å². The molecule has 0 aliphatic carbocycles. The summed E-state index contributed by atoms with van der Waals surface area (Å²) in [5, 5.41) is 3.28. The van der Waals surface area contributed by atoms with Gasteiger partial charge < -0.3 is 14.8 Å². The Balaban J connectivity index is 2.21. The van der Waals surface area contributed by atoms with E-state index in [1.165, 1.54) is 7.11 Å². The second-order valence-electron chi connectivity index (χ2n) is 3.35. The third-order valence-corrected chi connectivity index (χ3v) is 2.25. The van der Waals surface area contributed by atoms with E-state index < -0.39 is 0 Å². The quantitative estimate of drug-likeness (QED) is 0.528. The average Bonchev–Trinajstić information content (AvgIpc) is 2.69. The van der Waals surface area contributed by atoms with Gasteiger partial charge in [-0.05, 0) is 13.3 Å². The highest BCUT2D eigenvalue weighted by Crippen LogP contribution is 2.03. The minimum absolute atomic E-state index is 0.269. The highest BCUT2D eigenvalue weighted by molar-refractivity contribution is 5.87. The fourth-order valence-electron chi connectivity index (χ4n) is 1.32. The van der Waals surface area contributed by atoms with Crippen LogP contribution in [0.2, 0.25) is 0 Å². The zero-order valence-electron chi connectivity index (χ0n) is 8.71. The van der Waals surface area contributed by atoms with Crippen molar-refractivity contribution in [3.63, 3.8) is 0 Å². The van der Waals surface area contributed by atoms with Crippen LogP contribution in [0.1, 0.15) is 13.3 Å². The Hall–Kier alpha value is -0.870. The van der Waals surface area contributed by atoms with E-state index in [1.807, 2.05) is 6.08 Å². The molecule has 4 heteroatoms. The van der Waals surface area contributed by atoms with E-state index in [9.17, 15) is 4.79 Å². The zero-order chi connectivity index (χ0) is 10.4. The van der Waals surface area contributed by atoms with Gasteiger partial charge in [-0.15, -0.1) is 0 Å². The van der Waals surface area contributed by atoms with Crippen molar-refractivity contribution in [1.82, 2.24) is 5.32 Å². The monoisotopic (exact) mass is 199 g/mol. The number of nitrogens with one attached hydrogen (secondary N) is 1. The fourth-order valence-corrected chi connectivity index (χ4v) is 1.32. The van der Waals surface area contributed by atoms with Crippen LogP contribution in [0.25, 0.3) is 0 Å². The van der Waals surface area contributed by atoms with E-state index in [-0.39, 0.29) is 5.97 Å². The summed E-state index contributed by atoms with van der Waals surface area (Å²) in [4.78, 5) is 11.0. The first-order valence-corrected chi connectivity index (χ1v) is 4.80. The van der Waals surface area contributed by atoms with Gasteiger partial charge in [-0.3, -0.25) is 0 Å². The number of methoxy groups -OCH3 is 1. The van der Waals surface area contributed by atoms with Crippen molar-refractivity contribution < 1.29 is 14.3 Å². The van der Waals surface area contributed by atoms with Crippen molar-refractivity contribution >= 4 is 5.97 Å². The molecule has 1 heterocycles. The van der Waals surface area contributed by atoms with Crippen molar-refractivity contribution in [1.29, 1.82) is 0 Å². The Morgan fingerprint density at radius 1 is 1.71 bits per heavy atom. The lowest BCUT2D eigenvalue weighted by atomic mass is 10.2. The molecule has 1 rings (SSSR count). The van der Waals surface area contributed by atoms with Gasteiger partial charge in [-0.1, -0.05) is 6.08 Å². The minimum Gasteiger partial charge on any atom is -0.466 e. The summed E-state index contributed by atoms with van der Waals surface area (Å²) in [5.74, 6) is -0.269. The molecule has 0 aromatic carbocycles. The van der Waals surface area contributed by atoms with E-state index in [2.05, 4.69) is 10.1 Å². The van der Waals surface area contributed by atoms with E-state index in [4.69, 9.17) is 4.74 Å². The van der Waals surface area contributed by atoms with E-state index >= 15 is 0 Å². The van der Waals surface area contributed by atoms with Gasteiger partial charge in [0.05, 0.1) is 13.7 Å². The van der Waals surface area contributed by atoms with Crippen molar-refractivity contribution in [2.24, 2.45) is 0 Å². The van der Waals surface area contributed by atoms with Crippen LogP contribution in [-0.2, 0) is 14.3 Å². The lowest BCUT2D eigenvalue weighted by Crippen LogP contribution is -2.29. The number of rotatable bonds is 4. The summed E-state index contributed by atoms with van der Waals surface area (Å²) < 4.78 is 9.78. The van der Waals surface area contributed by atoms with Crippen LogP contribution in [-0.4, -0.2) is 38.9 Å². The van der Waals surface area contributed by atoms with Gasteiger partial charge in [0.15, 0.2) is 0 Å². The summed E-state index contributed by atoms with van der Waals surface area (Å²) in [6, 6.07) is 0.427. The Kier molecular flexibility index (Phi) is 4.62. The van der Waals surface area contributed by atoms with Crippen LogP contribution < -0.4 is 5.32 Å². The Bertz CT molecular complexity index is 219. The summed E-state index contributed by atoms with van der Waals surface area (Å²) in [6.07, 6.45) is 2.88. The third-order valence-electron chi connectivity index (χ3n) is 2.25. The maximum absolute atomic E-state index is 11.0. The summed E-state index contributed by atoms with van der Waals surface area (Å²) in [6.45, 7) is 4.04. The van der Waals surface area contributed by atoms with Gasteiger partial charge in [-0.25, -0.2) is 4.79 Å². The molecule has 0 amide bonds. The van der Waals surface area contributed by atoms with Crippen molar-refractivity contribution in [3.8, 4) is 0 Å². The molecule has 0 radical (unpaired) electrons. The van der Waals surface area contributed by atoms with Gasteiger partial charge in [0.1, 0.15) is 0 Å². The number of carbonyl (C=O) groups excluding carboxylic acids is 1. The van der Waals surface area contributed by atoms with Crippen LogP contribution in [0.3, 0.4) is 0 Å². The molecule has 80 valence electrons. The molecule has 1 unspecified atom stereocenters. The lowest BCUT2D eigenvalue weighted by Gasteiger charge is -2.07. The predicted octanol–water partition coefficient (Wildman–Crippen LogP) is 0.484. The summed E-state index contributed by atoms with van der Waals surface area (Å²) >= 11 is 0. The predicted molar refractivity (Wildman–Crippen MR) is 53.0 cm³/mol. The Morgan fingerprint density at radius 2 is 2.50 bits per heavy atom. The van der Waals surface area contributed by atoms with Gasteiger partial charge in [0, 0.05) is 24.8 Å². The third kappa shape index (κ3) is 3.47. The van der Waals surface area contributed by atoms with Crippen molar-refractivity contribution in [3.05, 3.63) is 11.6 Å². The molecule has 4 nitrogen and oxygen atoms in total.